The van der Waals surface area contributed by atoms with Crippen molar-refractivity contribution in [2.24, 2.45) is 0 Å². The number of halogens is 2. The smallest absolute Gasteiger partial charge is 0.0621 e. The van der Waals surface area contributed by atoms with Gasteiger partial charge in [-0.25, -0.2) is 0 Å². The van der Waals surface area contributed by atoms with Gasteiger partial charge >= 0.3 is 0 Å². The Kier molecular flexibility index (Phi) is 5.09. The Morgan fingerprint density at radius 2 is 1.60 bits per heavy atom. The summed E-state index contributed by atoms with van der Waals surface area (Å²) in [5, 5.41) is 11.5. The zero-order chi connectivity index (χ0) is 14.7. The Labute approximate surface area is 130 Å². The van der Waals surface area contributed by atoms with E-state index in [0.717, 1.165) is 11.1 Å². The van der Waals surface area contributed by atoms with Crippen LogP contribution < -0.4 is 0 Å². The van der Waals surface area contributed by atoms with Gasteiger partial charge < -0.3 is 5.11 Å². The lowest BCUT2D eigenvalue weighted by Gasteiger charge is -2.14. The molecule has 1 atom stereocenters. The summed E-state index contributed by atoms with van der Waals surface area (Å²) in [5.74, 6) is 0. The van der Waals surface area contributed by atoms with Crippen LogP contribution >= 0.6 is 23.2 Å². The first-order valence-electron chi connectivity index (χ1n) is 6.64. The van der Waals surface area contributed by atoms with Crippen molar-refractivity contribution in [3.05, 3.63) is 68.7 Å². The summed E-state index contributed by atoms with van der Waals surface area (Å²) in [5.41, 5.74) is 4.44. The number of rotatable bonds is 4. The van der Waals surface area contributed by atoms with Gasteiger partial charge in [0.25, 0.3) is 0 Å². The third-order valence-corrected chi connectivity index (χ3v) is 4.25. The van der Waals surface area contributed by atoms with Crippen molar-refractivity contribution in [2.75, 3.05) is 0 Å². The van der Waals surface area contributed by atoms with Crippen LogP contribution in [0.1, 0.15) is 22.3 Å². The monoisotopic (exact) mass is 308 g/mol. The van der Waals surface area contributed by atoms with Crippen LogP contribution in [0, 0.1) is 13.8 Å². The van der Waals surface area contributed by atoms with Gasteiger partial charge in [-0.1, -0.05) is 47.5 Å². The molecule has 0 spiro atoms. The highest BCUT2D eigenvalue weighted by Gasteiger charge is 2.12. The molecule has 0 aliphatic carbocycles. The highest BCUT2D eigenvalue weighted by molar-refractivity contribution is 6.35. The topological polar surface area (TPSA) is 20.2 Å². The van der Waals surface area contributed by atoms with E-state index in [9.17, 15) is 5.11 Å². The molecule has 0 heterocycles. The van der Waals surface area contributed by atoms with Crippen LogP contribution in [0.15, 0.2) is 36.4 Å². The third-order valence-electron chi connectivity index (χ3n) is 3.54. The van der Waals surface area contributed by atoms with Crippen LogP contribution in [0.25, 0.3) is 0 Å². The maximum absolute atomic E-state index is 10.2. The fourth-order valence-corrected chi connectivity index (χ4v) is 2.79. The Hall–Kier alpha value is -1.02. The molecule has 1 N–H and O–H groups in total. The van der Waals surface area contributed by atoms with Crippen molar-refractivity contribution in [2.45, 2.75) is 32.8 Å². The summed E-state index contributed by atoms with van der Waals surface area (Å²) in [4.78, 5) is 0. The first-order chi connectivity index (χ1) is 9.47. The quantitative estimate of drug-likeness (QED) is 0.863. The maximum Gasteiger partial charge on any atom is 0.0621 e. The molecule has 2 rings (SSSR count). The van der Waals surface area contributed by atoms with Crippen LogP contribution in [-0.2, 0) is 12.8 Å². The summed E-state index contributed by atoms with van der Waals surface area (Å²) in [6.45, 7) is 4.16. The normalized spacial score (nSPS) is 12.4. The molecule has 0 aliphatic heterocycles. The predicted octanol–water partition coefficient (Wildman–Crippen LogP) is 4.76. The van der Waals surface area contributed by atoms with E-state index >= 15 is 0 Å². The van der Waals surface area contributed by atoms with E-state index in [4.69, 9.17) is 23.2 Å². The second-order valence-electron chi connectivity index (χ2n) is 5.18. The fourth-order valence-electron chi connectivity index (χ4n) is 2.24. The van der Waals surface area contributed by atoms with Crippen LogP contribution in [0.5, 0.6) is 0 Å². The molecular weight excluding hydrogens is 291 g/mol. The van der Waals surface area contributed by atoms with Crippen molar-refractivity contribution in [1.29, 1.82) is 0 Å². The van der Waals surface area contributed by atoms with Gasteiger partial charge in [0.2, 0.25) is 0 Å². The molecule has 1 unspecified atom stereocenters. The number of aliphatic hydroxyl groups is 1. The zero-order valence-electron chi connectivity index (χ0n) is 11.7. The number of hydrogen-bond donors (Lipinski definition) is 1. The van der Waals surface area contributed by atoms with Gasteiger partial charge in [0.15, 0.2) is 0 Å². The van der Waals surface area contributed by atoms with Gasteiger partial charge in [-0.2, -0.15) is 0 Å². The average molecular weight is 309 g/mol. The molecular formula is C17H18Cl2O. The number of aryl methyl sites for hydroxylation is 2. The van der Waals surface area contributed by atoms with E-state index in [1.807, 2.05) is 6.07 Å². The molecule has 3 heteroatoms. The first-order valence-corrected chi connectivity index (χ1v) is 7.40. The molecule has 0 fully saturated rings. The van der Waals surface area contributed by atoms with Gasteiger partial charge in [0.05, 0.1) is 6.10 Å². The summed E-state index contributed by atoms with van der Waals surface area (Å²) in [6.07, 6.45) is 0.572. The van der Waals surface area contributed by atoms with Crippen molar-refractivity contribution < 1.29 is 5.11 Å². The summed E-state index contributed by atoms with van der Waals surface area (Å²) in [7, 11) is 0. The Balaban J connectivity index is 2.09. The second kappa shape index (κ2) is 6.62. The zero-order valence-corrected chi connectivity index (χ0v) is 13.2. The molecule has 0 saturated heterocycles. The van der Waals surface area contributed by atoms with Crippen LogP contribution in [0.2, 0.25) is 10.0 Å². The molecule has 0 aromatic heterocycles. The molecule has 0 amide bonds. The van der Waals surface area contributed by atoms with E-state index in [1.54, 1.807) is 12.1 Å². The lowest BCUT2D eigenvalue weighted by atomic mass is 9.98. The predicted molar refractivity (Wildman–Crippen MR) is 85.8 cm³/mol. The molecule has 20 heavy (non-hydrogen) atoms. The number of benzene rings is 2. The largest absolute Gasteiger partial charge is 0.392 e. The average Bonchev–Trinajstić information content (AvgIpc) is 2.38. The van der Waals surface area contributed by atoms with Gasteiger partial charge in [0.1, 0.15) is 0 Å². The minimum absolute atomic E-state index is 0.464. The summed E-state index contributed by atoms with van der Waals surface area (Å²) in [6, 6.07) is 11.7. The van der Waals surface area contributed by atoms with E-state index in [0.29, 0.717) is 22.9 Å². The van der Waals surface area contributed by atoms with Crippen molar-refractivity contribution in [3.8, 4) is 0 Å². The third kappa shape index (κ3) is 3.76. The molecule has 106 valence electrons. The van der Waals surface area contributed by atoms with Gasteiger partial charge in [-0.3, -0.25) is 0 Å². The standard InChI is InChI=1S/C17H18Cl2O/c1-11-6-7-13(8-12(11)2)9-14(20)10-15-16(18)4-3-5-17(15)19/h3-8,14,20H,9-10H2,1-2H3. The molecule has 2 aromatic rings. The Morgan fingerprint density at radius 3 is 2.20 bits per heavy atom. The van der Waals surface area contributed by atoms with E-state index < -0.39 is 6.10 Å². The minimum atomic E-state index is -0.491. The van der Waals surface area contributed by atoms with Crippen LogP contribution in [0.3, 0.4) is 0 Å². The van der Waals surface area contributed by atoms with Crippen LogP contribution in [0.4, 0.5) is 0 Å². The van der Waals surface area contributed by atoms with E-state index in [-0.39, 0.29) is 0 Å². The van der Waals surface area contributed by atoms with E-state index in [2.05, 4.69) is 32.0 Å². The van der Waals surface area contributed by atoms with Gasteiger partial charge in [-0.15, -0.1) is 0 Å². The van der Waals surface area contributed by atoms with Crippen LogP contribution in [-0.4, -0.2) is 11.2 Å². The van der Waals surface area contributed by atoms with E-state index in [1.165, 1.54) is 11.1 Å². The van der Waals surface area contributed by atoms with Gasteiger partial charge in [0, 0.05) is 16.5 Å². The lowest BCUT2D eigenvalue weighted by Crippen LogP contribution is -2.14. The highest BCUT2D eigenvalue weighted by atomic mass is 35.5. The first kappa shape index (κ1) is 15.4. The lowest BCUT2D eigenvalue weighted by molar-refractivity contribution is 0.175. The van der Waals surface area contributed by atoms with Crippen molar-refractivity contribution in [3.63, 3.8) is 0 Å². The van der Waals surface area contributed by atoms with Crippen molar-refractivity contribution >= 4 is 23.2 Å². The molecule has 1 nitrogen and oxygen atoms in total. The van der Waals surface area contributed by atoms with Crippen molar-refractivity contribution in [1.82, 2.24) is 0 Å². The molecule has 0 radical (unpaired) electrons. The highest BCUT2D eigenvalue weighted by Crippen LogP contribution is 2.26. The maximum atomic E-state index is 10.2. The summed E-state index contributed by atoms with van der Waals surface area (Å²) < 4.78 is 0. The number of aliphatic hydroxyl groups excluding tert-OH is 1. The Morgan fingerprint density at radius 1 is 0.950 bits per heavy atom. The second-order valence-corrected chi connectivity index (χ2v) is 6.00. The molecule has 0 aliphatic rings. The molecule has 2 aromatic carbocycles. The number of hydrogen-bond acceptors (Lipinski definition) is 1. The molecule has 0 saturated carbocycles. The van der Waals surface area contributed by atoms with Gasteiger partial charge in [-0.05, 0) is 54.7 Å². The fraction of sp³-hybridized carbons (Fsp3) is 0.294. The Bertz CT molecular complexity index is 588. The minimum Gasteiger partial charge on any atom is -0.392 e. The SMILES string of the molecule is Cc1ccc(CC(O)Cc2c(Cl)cccc2Cl)cc1C. The molecule has 0 bridgehead atoms. The summed E-state index contributed by atoms with van der Waals surface area (Å²) >= 11 is 12.3.